The Hall–Kier alpha value is -0.980. The van der Waals surface area contributed by atoms with Crippen molar-refractivity contribution in [3.63, 3.8) is 0 Å². The van der Waals surface area contributed by atoms with Crippen LogP contribution in [0.5, 0.6) is 0 Å². The molecule has 0 aliphatic rings. The van der Waals surface area contributed by atoms with Gasteiger partial charge in [-0.1, -0.05) is 0 Å². The van der Waals surface area contributed by atoms with E-state index >= 15 is 0 Å². The summed E-state index contributed by atoms with van der Waals surface area (Å²) in [5, 5.41) is 3.08. The maximum absolute atomic E-state index is 12.7. The number of carbonyl (C=O) groups excluding carboxylic acids is 2. The van der Waals surface area contributed by atoms with Gasteiger partial charge in [-0.3, -0.25) is 4.79 Å². The highest BCUT2D eigenvalue weighted by molar-refractivity contribution is 5.84. The molecule has 0 rings (SSSR count). The van der Waals surface area contributed by atoms with Crippen LogP contribution >= 0.6 is 0 Å². The molecule has 0 aliphatic carbocycles. The van der Waals surface area contributed by atoms with Crippen LogP contribution in [-0.4, -0.2) is 54.9 Å². The Labute approximate surface area is 172 Å². The summed E-state index contributed by atoms with van der Waals surface area (Å²) in [7, 11) is 1.67. The van der Waals surface area contributed by atoms with Crippen molar-refractivity contribution in [1.82, 2.24) is 5.32 Å². The molecule has 0 unspecified atom stereocenters. The van der Waals surface area contributed by atoms with Crippen molar-refractivity contribution in [2.75, 3.05) is 20.3 Å². The minimum Gasteiger partial charge on any atom is -0.379 e. The van der Waals surface area contributed by atoms with Gasteiger partial charge in [-0.2, -0.15) is 0 Å². The zero-order valence-electron chi connectivity index (χ0n) is 19.6. The summed E-state index contributed by atoms with van der Waals surface area (Å²) >= 11 is 0. The van der Waals surface area contributed by atoms with Crippen molar-refractivity contribution in [3.8, 4) is 0 Å². The van der Waals surface area contributed by atoms with E-state index in [1.807, 2.05) is 41.5 Å². The summed E-state index contributed by atoms with van der Waals surface area (Å²) < 4.78 is 17.2. The zero-order valence-corrected chi connectivity index (χ0v) is 19.6. The Balaban J connectivity index is 4.45. The first-order chi connectivity index (χ1) is 12.7. The quantitative estimate of drug-likeness (QED) is 0.331. The number of hydrogen-bond acceptors (Lipinski definition) is 5. The van der Waals surface area contributed by atoms with Crippen molar-refractivity contribution in [2.45, 2.75) is 110 Å². The van der Waals surface area contributed by atoms with Crippen molar-refractivity contribution < 1.29 is 23.8 Å². The van der Waals surface area contributed by atoms with Crippen LogP contribution in [0.25, 0.3) is 0 Å². The maximum atomic E-state index is 12.7. The van der Waals surface area contributed by atoms with Crippen LogP contribution in [0, 0.1) is 0 Å². The first-order valence-electron chi connectivity index (χ1n) is 10.3. The van der Waals surface area contributed by atoms with Gasteiger partial charge in [-0.05, 0) is 81.1 Å². The van der Waals surface area contributed by atoms with Crippen LogP contribution in [0.1, 0.15) is 87.5 Å². The van der Waals surface area contributed by atoms with Crippen molar-refractivity contribution in [3.05, 3.63) is 0 Å². The van der Waals surface area contributed by atoms with E-state index in [0.29, 0.717) is 32.5 Å². The van der Waals surface area contributed by atoms with Gasteiger partial charge >= 0.3 is 0 Å². The Morgan fingerprint density at radius 1 is 0.857 bits per heavy atom. The normalized spacial score (nSPS) is 13.5. The predicted octanol–water partition coefficient (Wildman–Crippen LogP) is 4.05. The van der Waals surface area contributed by atoms with Crippen LogP contribution in [0.15, 0.2) is 0 Å². The molecular formula is C22H43NO5. The topological polar surface area (TPSA) is 73.9 Å². The fraction of sp³-hybridized carbons (Fsp3) is 0.909. The number of unbranched alkanes of at least 4 members (excludes halogenated alkanes) is 1. The molecule has 0 saturated heterocycles. The number of ether oxygens (including phenoxy) is 3. The van der Waals surface area contributed by atoms with Crippen LogP contribution in [-0.2, 0) is 23.8 Å². The number of carbonyl (C=O) groups is 2. The molecule has 28 heavy (non-hydrogen) atoms. The summed E-state index contributed by atoms with van der Waals surface area (Å²) in [5.74, 6) is -0.141. The van der Waals surface area contributed by atoms with E-state index in [1.54, 1.807) is 21.0 Å². The molecule has 166 valence electrons. The van der Waals surface area contributed by atoms with Gasteiger partial charge < -0.3 is 24.3 Å². The second-order valence-electron chi connectivity index (χ2n) is 9.83. The van der Waals surface area contributed by atoms with Gasteiger partial charge in [0.05, 0.1) is 17.8 Å². The van der Waals surface area contributed by atoms with Crippen LogP contribution in [0.3, 0.4) is 0 Å². The highest BCUT2D eigenvalue weighted by Crippen LogP contribution is 2.21. The largest absolute Gasteiger partial charge is 0.379 e. The predicted molar refractivity (Wildman–Crippen MR) is 113 cm³/mol. The molecule has 6 heteroatoms. The molecule has 1 N–H and O–H groups in total. The van der Waals surface area contributed by atoms with Gasteiger partial charge in [0.25, 0.3) is 5.91 Å². The smallest absolute Gasteiger partial charge is 0.252 e. The molecule has 1 amide bonds. The first-order valence-corrected chi connectivity index (χ1v) is 10.3. The fourth-order valence-corrected chi connectivity index (χ4v) is 2.51. The number of aldehydes is 1. The van der Waals surface area contributed by atoms with E-state index in [-0.39, 0.29) is 17.1 Å². The van der Waals surface area contributed by atoms with Crippen LogP contribution < -0.4 is 5.32 Å². The van der Waals surface area contributed by atoms with E-state index in [2.05, 4.69) is 5.32 Å². The minimum atomic E-state index is -0.921. The molecule has 0 saturated carbocycles. The van der Waals surface area contributed by atoms with Crippen molar-refractivity contribution >= 4 is 12.2 Å². The summed E-state index contributed by atoms with van der Waals surface area (Å²) in [6, 6.07) is 0. The lowest BCUT2D eigenvalue weighted by Gasteiger charge is -2.34. The summed E-state index contributed by atoms with van der Waals surface area (Å²) in [4.78, 5) is 23.2. The monoisotopic (exact) mass is 401 g/mol. The van der Waals surface area contributed by atoms with Gasteiger partial charge in [0, 0.05) is 25.7 Å². The third kappa shape index (κ3) is 11.8. The average Bonchev–Trinajstić information content (AvgIpc) is 2.53. The average molecular weight is 402 g/mol. The third-order valence-electron chi connectivity index (χ3n) is 5.04. The number of rotatable bonds is 15. The molecule has 0 spiro atoms. The first kappa shape index (κ1) is 27.0. The van der Waals surface area contributed by atoms with E-state index in [4.69, 9.17) is 14.2 Å². The molecule has 0 aromatic carbocycles. The van der Waals surface area contributed by atoms with Gasteiger partial charge in [-0.25, -0.2) is 0 Å². The molecule has 6 nitrogen and oxygen atoms in total. The zero-order chi connectivity index (χ0) is 22.1. The Kier molecular flexibility index (Phi) is 10.9. The summed E-state index contributed by atoms with van der Waals surface area (Å²) in [6.45, 7) is 16.6. The van der Waals surface area contributed by atoms with Crippen molar-refractivity contribution in [1.29, 1.82) is 0 Å². The number of nitrogens with one attached hydrogen (secondary N) is 1. The second-order valence-corrected chi connectivity index (χ2v) is 9.83. The SMILES string of the molecule is COC(C)(C)CCOC(C)(C)C(=O)NC(C)(C)CCOC(C)(C)CCCC=O. The van der Waals surface area contributed by atoms with Gasteiger partial charge in [0.15, 0.2) is 0 Å². The van der Waals surface area contributed by atoms with Crippen LogP contribution in [0.4, 0.5) is 0 Å². The Morgan fingerprint density at radius 3 is 1.96 bits per heavy atom. The number of hydrogen-bond donors (Lipinski definition) is 1. The molecule has 0 heterocycles. The summed E-state index contributed by atoms with van der Waals surface area (Å²) in [5.41, 5.74) is -1.89. The van der Waals surface area contributed by atoms with Gasteiger partial charge in [0.2, 0.25) is 0 Å². The molecule has 0 aliphatic heterocycles. The molecule has 0 atom stereocenters. The number of amides is 1. The Morgan fingerprint density at radius 2 is 1.43 bits per heavy atom. The maximum Gasteiger partial charge on any atom is 0.252 e. The van der Waals surface area contributed by atoms with Crippen LogP contribution in [0.2, 0.25) is 0 Å². The lowest BCUT2D eigenvalue weighted by molar-refractivity contribution is -0.147. The van der Waals surface area contributed by atoms with E-state index in [9.17, 15) is 9.59 Å². The summed E-state index contributed by atoms with van der Waals surface area (Å²) in [6.07, 6.45) is 4.54. The van der Waals surface area contributed by atoms with Gasteiger partial charge in [-0.15, -0.1) is 0 Å². The number of methoxy groups -OCH3 is 1. The minimum absolute atomic E-state index is 0.141. The second kappa shape index (κ2) is 11.3. The molecular weight excluding hydrogens is 358 g/mol. The molecule has 0 aromatic rings. The van der Waals surface area contributed by atoms with E-state index in [1.165, 1.54) is 0 Å². The Bertz CT molecular complexity index is 483. The molecule has 0 radical (unpaired) electrons. The fourth-order valence-electron chi connectivity index (χ4n) is 2.51. The van der Waals surface area contributed by atoms with Crippen molar-refractivity contribution in [2.24, 2.45) is 0 Å². The lowest BCUT2D eigenvalue weighted by Crippen LogP contribution is -2.53. The standard InChI is InChI=1S/C22H43NO5/c1-19(2,13-16-27-21(5,6)12-10-11-15-24)23-18(25)22(7,8)28-17-14-20(3,4)26-9/h15H,10-14,16-17H2,1-9H3,(H,23,25). The lowest BCUT2D eigenvalue weighted by atomic mass is 9.97. The van der Waals surface area contributed by atoms with E-state index < -0.39 is 11.1 Å². The highest BCUT2D eigenvalue weighted by Gasteiger charge is 2.33. The molecule has 0 bridgehead atoms. The highest BCUT2D eigenvalue weighted by atomic mass is 16.5. The molecule has 0 fully saturated rings. The van der Waals surface area contributed by atoms with Gasteiger partial charge in [0.1, 0.15) is 11.9 Å². The third-order valence-corrected chi connectivity index (χ3v) is 5.04. The van der Waals surface area contributed by atoms with E-state index in [0.717, 1.165) is 19.1 Å². The molecule has 0 aromatic heterocycles.